The number of Topliss-reactive ketones (excluding diaryl/α,β-unsaturated/α-hetero) is 1. The summed E-state index contributed by atoms with van der Waals surface area (Å²) in [5, 5.41) is 11.8. The molecule has 1 N–H and O–H groups in total. The predicted octanol–water partition coefficient (Wildman–Crippen LogP) is 3.55. The normalized spacial score (nSPS) is 17.1. The average Bonchev–Trinajstić information content (AvgIpc) is 3.10. The van der Waals surface area contributed by atoms with Crippen LogP contribution in [0.1, 0.15) is 32.0 Å². The Morgan fingerprint density at radius 2 is 2.00 bits per heavy atom. The maximum atomic E-state index is 13.3. The summed E-state index contributed by atoms with van der Waals surface area (Å²) in [6, 6.07) is 6.34. The van der Waals surface area contributed by atoms with Crippen molar-refractivity contribution in [2.45, 2.75) is 19.9 Å². The predicted molar refractivity (Wildman–Crippen MR) is 110 cm³/mol. The van der Waals surface area contributed by atoms with Crippen LogP contribution in [-0.2, 0) is 4.79 Å². The molecule has 0 saturated heterocycles. The van der Waals surface area contributed by atoms with E-state index in [2.05, 4.69) is 4.98 Å². The SMILES string of the molecule is Cc1nc(C)c(C(=O)C2=C(O)C(=O)N(CCN(C)C)C2c2ccccc2Cl)s1. The van der Waals surface area contributed by atoms with Gasteiger partial charge in [-0.05, 0) is 39.6 Å². The van der Waals surface area contributed by atoms with Gasteiger partial charge in [0.05, 0.1) is 27.2 Å². The summed E-state index contributed by atoms with van der Waals surface area (Å²) >= 11 is 7.66. The van der Waals surface area contributed by atoms with Gasteiger partial charge in [-0.25, -0.2) is 4.98 Å². The van der Waals surface area contributed by atoms with Gasteiger partial charge in [0.1, 0.15) is 0 Å². The Kier molecular flexibility index (Phi) is 5.88. The second-order valence-electron chi connectivity index (χ2n) is 6.96. The van der Waals surface area contributed by atoms with Gasteiger partial charge in [-0.3, -0.25) is 9.59 Å². The molecule has 148 valence electrons. The van der Waals surface area contributed by atoms with Crippen molar-refractivity contribution in [3.05, 3.63) is 61.8 Å². The molecule has 8 heteroatoms. The van der Waals surface area contributed by atoms with Gasteiger partial charge in [0.15, 0.2) is 5.76 Å². The Bertz CT molecular complexity index is 967. The Balaban J connectivity index is 2.12. The maximum Gasteiger partial charge on any atom is 0.290 e. The standard InChI is InChI=1S/C20H22ClN3O3S/c1-11-19(28-12(2)22-11)17(25)15-16(13-7-5-6-8-14(13)21)24(10-9-23(3)4)20(27)18(15)26/h5-8,16,26H,9-10H2,1-4H3. The number of carbonyl (C=O) groups is 2. The Morgan fingerprint density at radius 3 is 2.57 bits per heavy atom. The van der Waals surface area contributed by atoms with E-state index < -0.39 is 17.7 Å². The number of thiazole rings is 1. The summed E-state index contributed by atoms with van der Waals surface area (Å²) < 4.78 is 0. The highest BCUT2D eigenvalue weighted by atomic mass is 35.5. The number of aromatic nitrogens is 1. The molecule has 1 unspecified atom stereocenters. The third-order valence-electron chi connectivity index (χ3n) is 4.65. The molecular formula is C20H22ClN3O3S. The van der Waals surface area contributed by atoms with Crippen LogP contribution in [0.4, 0.5) is 0 Å². The molecule has 0 bridgehead atoms. The topological polar surface area (TPSA) is 73.7 Å². The first-order valence-corrected chi connectivity index (χ1v) is 10.0. The van der Waals surface area contributed by atoms with Crippen LogP contribution in [0.2, 0.25) is 5.02 Å². The lowest BCUT2D eigenvalue weighted by Crippen LogP contribution is -2.36. The number of hydrogen-bond acceptors (Lipinski definition) is 6. The zero-order valence-corrected chi connectivity index (χ0v) is 17.8. The molecule has 0 fully saturated rings. The number of hydrogen-bond donors (Lipinski definition) is 1. The van der Waals surface area contributed by atoms with Crippen molar-refractivity contribution in [3.63, 3.8) is 0 Å². The van der Waals surface area contributed by atoms with Crippen molar-refractivity contribution in [2.75, 3.05) is 27.2 Å². The van der Waals surface area contributed by atoms with E-state index in [1.165, 1.54) is 16.2 Å². The van der Waals surface area contributed by atoms with E-state index in [1.807, 2.05) is 25.9 Å². The fraction of sp³-hybridized carbons (Fsp3) is 0.350. The number of halogens is 1. The van der Waals surface area contributed by atoms with Crippen LogP contribution in [0.25, 0.3) is 0 Å². The van der Waals surface area contributed by atoms with E-state index >= 15 is 0 Å². The lowest BCUT2D eigenvalue weighted by molar-refractivity contribution is -0.129. The smallest absolute Gasteiger partial charge is 0.290 e. The first-order chi connectivity index (χ1) is 13.2. The highest BCUT2D eigenvalue weighted by molar-refractivity contribution is 7.14. The molecule has 1 atom stereocenters. The minimum absolute atomic E-state index is 0.0589. The second-order valence-corrected chi connectivity index (χ2v) is 8.58. The number of rotatable bonds is 6. The molecule has 0 radical (unpaired) electrons. The zero-order valence-electron chi connectivity index (χ0n) is 16.2. The van der Waals surface area contributed by atoms with E-state index in [0.717, 1.165) is 5.01 Å². The van der Waals surface area contributed by atoms with Gasteiger partial charge in [-0.1, -0.05) is 29.8 Å². The van der Waals surface area contributed by atoms with Gasteiger partial charge >= 0.3 is 0 Å². The fourth-order valence-electron chi connectivity index (χ4n) is 3.31. The molecule has 0 spiro atoms. The maximum absolute atomic E-state index is 13.3. The number of benzene rings is 1. The van der Waals surface area contributed by atoms with Crippen LogP contribution < -0.4 is 0 Å². The van der Waals surface area contributed by atoms with Crippen molar-refractivity contribution >= 4 is 34.6 Å². The molecule has 1 amide bonds. The third kappa shape index (κ3) is 3.70. The van der Waals surface area contributed by atoms with Gasteiger partial charge < -0.3 is 14.9 Å². The molecule has 1 aromatic heterocycles. The fourth-order valence-corrected chi connectivity index (χ4v) is 4.42. The van der Waals surface area contributed by atoms with Gasteiger partial charge in [0.2, 0.25) is 5.78 Å². The van der Waals surface area contributed by atoms with Crippen molar-refractivity contribution < 1.29 is 14.7 Å². The molecule has 0 aliphatic carbocycles. The molecule has 1 aliphatic heterocycles. The van der Waals surface area contributed by atoms with Crippen molar-refractivity contribution in [3.8, 4) is 0 Å². The summed E-state index contributed by atoms with van der Waals surface area (Å²) in [7, 11) is 3.79. The third-order valence-corrected chi connectivity index (χ3v) is 6.06. The van der Waals surface area contributed by atoms with Crippen LogP contribution in [0.15, 0.2) is 35.6 Å². The number of ketones is 1. The van der Waals surface area contributed by atoms with Crippen LogP contribution in [0.5, 0.6) is 0 Å². The summed E-state index contributed by atoms with van der Waals surface area (Å²) in [5.41, 5.74) is 1.26. The second kappa shape index (κ2) is 8.03. The molecule has 28 heavy (non-hydrogen) atoms. The van der Waals surface area contributed by atoms with Gasteiger partial charge in [0, 0.05) is 18.1 Å². The largest absolute Gasteiger partial charge is 0.503 e. The minimum atomic E-state index is -0.740. The number of aryl methyl sites for hydroxylation is 2. The Labute approximate surface area is 173 Å². The lowest BCUT2D eigenvalue weighted by atomic mass is 9.95. The van der Waals surface area contributed by atoms with Gasteiger partial charge in [-0.15, -0.1) is 11.3 Å². The Morgan fingerprint density at radius 1 is 1.32 bits per heavy atom. The van der Waals surface area contributed by atoms with Crippen LogP contribution >= 0.6 is 22.9 Å². The number of aliphatic hydroxyl groups is 1. The highest BCUT2D eigenvalue weighted by Crippen LogP contribution is 2.42. The molecule has 1 aromatic carbocycles. The van der Waals surface area contributed by atoms with Gasteiger partial charge in [0.25, 0.3) is 5.91 Å². The molecule has 3 rings (SSSR count). The lowest BCUT2D eigenvalue weighted by Gasteiger charge is -2.28. The number of carbonyl (C=O) groups excluding carboxylic acids is 2. The average molecular weight is 420 g/mol. The monoisotopic (exact) mass is 419 g/mol. The highest BCUT2D eigenvalue weighted by Gasteiger charge is 2.44. The van der Waals surface area contributed by atoms with Crippen molar-refractivity contribution in [1.29, 1.82) is 0 Å². The van der Waals surface area contributed by atoms with Crippen molar-refractivity contribution in [1.82, 2.24) is 14.8 Å². The molecule has 1 aliphatic rings. The number of likely N-dealkylation sites (N-methyl/N-ethyl adjacent to an activating group) is 1. The van der Waals surface area contributed by atoms with Crippen molar-refractivity contribution in [2.24, 2.45) is 0 Å². The first-order valence-electron chi connectivity index (χ1n) is 8.84. The number of amides is 1. The van der Waals surface area contributed by atoms with Crippen LogP contribution in [0, 0.1) is 13.8 Å². The summed E-state index contributed by atoms with van der Waals surface area (Å²) in [6.45, 7) is 4.50. The molecular weight excluding hydrogens is 398 g/mol. The van der Waals surface area contributed by atoms with E-state index in [1.54, 1.807) is 31.2 Å². The zero-order chi connectivity index (χ0) is 20.6. The molecule has 2 aromatic rings. The number of aliphatic hydroxyl groups excluding tert-OH is 1. The first kappa shape index (κ1) is 20.5. The molecule has 2 heterocycles. The molecule has 6 nitrogen and oxygen atoms in total. The van der Waals surface area contributed by atoms with E-state index in [0.29, 0.717) is 34.2 Å². The summed E-state index contributed by atoms with van der Waals surface area (Å²) in [6.07, 6.45) is 0. The summed E-state index contributed by atoms with van der Waals surface area (Å²) in [4.78, 5) is 34.4. The summed E-state index contributed by atoms with van der Waals surface area (Å²) in [5.74, 6) is -1.46. The Hall–Kier alpha value is -2.22. The number of nitrogens with zero attached hydrogens (tertiary/aromatic N) is 3. The minimum Gasteiger partial charge on any atom is -0.503 e. The van der Waals surface area contributed by atoms with Gasteiger partial charge in [-0.2, -0.15) is 0 Å². The van der Waals surface area contributed by atoms with Crippen LogP contribution in [-0.4, -0.2) is 58.8 Å². The van der Waals surface area contributed by atoms with Crippen LogP contribution in [0.3, 0.4) is 0 Å². The quantitative estimate of drug-likeness (QED) is 0.725. The van der Waals surface area contributed by atoms with E-state index in [-0.39, 0.29) is 11.4 Å². The van der Waals surface area contributed by atoms with E-state index in [4.69, 9.17) is 11.6 Å². The van der Waals surface area contributed by atoms with E-state index in [9.17, 15) is 14.7 Å². The molecule has 0 saturated carbocycles.